The van der Waals surface area contributed by atoms with E-state index in [1.165, 1.54) is 0 Å². The molecule has 1 aliphatic carbocycles. The van der Waals surface area contributed by atoms with Crippen LogP contribution in [0.15, 0.2) is 65.2 Å². The number of hydrogen-bond acceptors (Lipinski definition) is 4. The van der Waals surface area contributed by atoms with Crippen LogP contribution in [0.25, 0.3) is 10.2 Å². The Kier molecular flexibility index (Phi) is 6.06. The van der Waals surface area contributed by atoms with E-state index in [2.05, 4.69) is 38.7 Å². The summed E-state index contributed by atoms with van der Waals surface area (Å²) in [6.45, 7) is -0.0539. The fourth-order valence-corrected chi connectivity index (χ4v) is 4.87. The second-order valence-corrected chi connectivity index (χ2v) is 8.93. The number of allylic oxidation sites excluding steroid dienone is 2. The highest BCUT2D eigenvalue weighted by Gasteiger charge is 2.32. The van der Waals surface area contributed by atoms with Gasteiger partial charge in [0.25, 0.3) is 0 Å². The van der Waals surface area contributed by atoms with E-state index in [9.17, 15) is 9.59 Å². The van der Waals surface area contributed by atoms with Crippen molar-refractivity contribution >= 4 is 55.0 Å². The number of carbonyl (C=O) groups excluding carboxylic acids is 2. The molecular formula is C22H20BrN3O2S. The van der Waals surface area contributed by atoms with Gasteiger partial charge < -0.3 is 10.6 Å². The van der Waals surface area contributed by atoms with E-state index in [4.69, 9.17) is 4.98 Å². The molecule has 0 saturated heterocycles. The molecule has 1 aromatic heterocycles. The lowest BCUT2D eigenvalue weighted by Crippen LogP contribution is -2.39. The van der Waals surface area contributed by atoms with Crippen LogP contribution < -0.4 is 10.6 Å². The van der Waals surface area contributed by atoms with Gasteiger partial charge in [-0.3, -0.25) is 9.59 Å². The van der Waals surface area contributed by atoms with Crippen LogP contribution in [0, 0.1) is 5.92 Å². The molecule has 2 N–H and O–H groups in total. The first-order valence-electron chi connectivity index (χ1n) is 9.44. The van der Waals surface area contributed by atoms with E-state index in [0.717, 1.165) is 26.1 Å². The predicted octanol–water partition coefficient (Wildman–Crippen LogP) is 4.86. The van der Waals surface area contributed by atoms with E-state index in [1.54, 1.807) is 23.5 Å². The smallest absolute Gasteiger partial charge is 0.243 e. The normalized spacial score (nSPS) is 18.5. The van der Waals surface area contributed by atoms with Crippen LogP contribution in [-0.4, -0.2) is 23.3 Å². The summed E-state index contributed by atoms with van der Waals surface area (Å²) in [5.41, 5.74) is 1.66. The number of fused-ring (bicyclic) bond motifs is 1. The lowest BCUT2D eigenvalue weighted by atomic mass is 9.82. The van der Waals surface area contributed by atoms with E-state index < -0.39 is 0 Å². The molecule has 0 spiro atoms. The molecule has 1 heterocycles. The van der Waals surface area contributed by atoms with Crippen LogP contribution in [0.5, 0.6) is 0 Å². The van der Waals surface area contributed by atoms with Crippen molar-refractivity contribution in [2.24, 2.45) is 5.92 Å². The van der Waals surface area contributed by atoms with Gasteiger partial charge in [-0.1, -0.05) is 40.2 Å². The monoisotopic (exact) mass is 469 g/mol. The summed E-state index contributed by atoms with van der Waals surface area (Å²) >= 11 is 5.01. The minimum absolute atomic E-state index is 0.0342. The Labute approximate surface area is 181 Å². The molecule has 148 valence electrons. The number of anilines is 1. The lowest BCUT2D eigenvalue weighted by molar-refractivity contribution is -0.127. The fraction of sp³-hybridized carbons (Fsp3) is 0.227. The van der Waals surface area contributed by atoms with Gasteiger partial charge in [0.1, 0.15) is 0 Å². The average Bonchev–Trinajstić information content (AvgIpc) is 3.18. The number of nitrogens with zero attached hydrogens (tertiary/aromatic N) is 1. The molecule has 0 aliphatic heterocycles. The number of hydrogen-bond donors (Lipinski definition) is 2. The molecule has 2 amide bonds. The molecular weight excluding hydrogens is 450 g/mol. The van der Waals surface area contributed by atoms with Gasteiger partial charge in [0, 0.05) is 16.1 Å². The summed E-state index contributed by atoms with van der Waals surface area (Å²) in [5, 5.41) is 6.57. The summed E-state index contributed by atoms with van der Waals surface area (Å²) in [5.74, 6) is -0.541. The Hall–Kier alpha value is -2.51. The minimum atomic E-state index is -0.247. The first kappa shape index (κ1) is 19.8. The second kappa shape index (κ2) is 8.88. The van der Waals surface area contributed by atoms with Gasteiger partial charge in [-0.25, -0.2) is 4.98 Å². The zero-order chi connectivity index (χ0) is 20.2. The summed E-state index contributed by atoms with van der Waals surface area (Å²) in [7, 11) is 0. The number of thiazole rings is 1. The number of nitrogens with one attached hydrogen (secondary N) is 2. The average molecular weight is 470 g/mol. The summed E-state index contributed by atoms with van der Waals surface area (Å²) in [6.07, 6.45) is 5.58. The summed E-state index contributed by atoms with van der Waals surface area (Å²) in [4.78, 5) is 29.8. The Morgan fingerprint density at radius 3 is 2.62 bits per heavy atom. The second-order valence-electron chi connectivity index (χ2n) is 6.95. The number of halogens is 1. The quantitative estimate of drug-likeness (QED) is 0.523. The van der Waals surface area contributed by atoms with Gasteiger partial charge in [0.05, 0.1) is 27.7 Å². The van der Waals surface area contributed by atoms with Gasteiger partial charge in [-0.15, -0.1) is 11.3 Å². The van der Waals surface area contributed by atoms with Gasteiger partial charge in [0.15, 0.2) is 0 Å². The maximum Gasteiger partial charge on any atom is 0.243 e. The molecule has 1 aliphatic rings. The van der Waals surface area contributed by atoms with Crippen LogP contribution in [0.2, 0.25) is 0 Å². The van der Waals surface area contributed by atoms with Crippen LogP contribution in [0.3, 0.4) is 0 Å². The van der Waals surface area contributed by atoms with Crippen molar-refractivity contribution in [1.29, 1.82) is 0 Å². The van der Waals surface area contributed by atoms with Gasteiger partial charge in [0.2, 0.25) is 11.8 Å². The Balaban J connectivity index is 1.40. The molecule has 7 heteroatoms. The molecule has 3 aromatic rings. The number of amides is 2. The van der Waals surface area contributed by atoms with Crippen molar-refractivity contribution < 1.29 is 9.59 Å². The van der Waals surface area contributed by atoms with Crippen LogP contribution in [0.4, 0.5) is 5.69 Å². The van der Waals surface area contributed by atoms with Crippen LogP contribution >= 0.6 is 27.3 Å². The highest BCUT2D eigenvalue weighted by atomic mass is 79.9. The minimum Gasteiger partial charge on any atom is -0.347 e. The number of carbonyl (C=O) groups is 2. The third-order valence-electron chi connectivity index (χ3n) is 4.95. The zero-order valence-electron chi connectivity index (χ0n) is 15.6. The van der Waals surface area contributed by atoms with E-state index in [1.807, 2.05) is 36.4 Å². The van der Waals surface area contributed by atoms with Crippen molar-refractivity contribution in [3.05, 3.63) is 70.2 Å². The Morgan fingerprint density at radius 1 is 1.07 bits per heavy atom. The molecule has 0 bridgehead atoms. The van der Waals surface area contributed by atoms with Gasteiger partial charge in [-0.05, 0) is 49.2 Å². The first-order chi connectivity index (χ1) is 14.1. The Morgan fingerprint density at radius 2 is 1.83 bits per heavy atom. The lowest BCUT2D eigenvalue weighted by Gasteiger charge is -2.25. The van der Waals surface area contributed by atoms with Crippen molar-refractivity contribution in [1.82, 2.24) is 10.3 Å². The standard InChI is InChI=1S/C22H20BrN3O2S/c23-14-9-11-15(12-10-14)25-20(27)13-24-21(28)16-5-1-2-6-17(16)22-26-18-7-3-4-8-19(18)29-22/h1-4,7-12,16-17H,5-6,13H2,(H,24,28)(H,25,27). The molecule has 29 heavy (non-hydrogen) atoms. The molecule has 2 aromatic carbocycles. The number of rotatable bonds is 5. The molecule has 2 atom stereocenters. The van der Waals surface area contributed by atoms with Crippen molar-refractivity contribution in [2.45, 2.75) is 18.8 Å². The third-order valence-corrected chi connectivity index (χ3v) is 6.64. The van der Waals surface area contributed by atoms with Crippen LogP contribution in [0.1, 0.15) is 23.8 Å². The Bertz CT molecular complexity index is 1030. The zero-order valence-corrected chi connectivity index (χ0v) is 18.0. The molecule has 0 fully saturated rings. The summed E-state index contributed by atoms with van der Waals surface area (Å²) in [6, 6.07) is 15.3. The first-order valence-corrected chi connectivity index (χ1v) is 11.0. The van der Waals surface area contributed by atoms with Crippen molar-refractivity contribution in [2.75, 3.05) is 11.9 Å². The van der Waals surface area contributed by atoms with E-state index in [0.29, 0.717) is 12.1 Å². The number of benzene rings is 2. The van der Waals surface area contributed by atoms with Gasteiger partial charge in [-0.2, -0.15) is 0 Å². The predicted molar refractivity (Wildman–Crippen MR) is 120 cm³/mol. The van der Waals surface area contributed by atoms with E-state index in [-0.39, 0.29) is 30.2 Å². The third kappa shape index (κ3) is 4.74. The topological polar surface area (TPSA) is 71.1 Å². The summed E-state index contributed by atoms with van der Waals surface area (Å²) < 4.78 is 2.07. The van der Waals surface area contributed by atoms with Crippen molar-refractivity contribution in [3.8, 4) is 0 Å². The van der Waals surface area contributed by atoms with Crippen molar-refractivity contribution in [3.63, 3.8) is 0 Å². The largest absolute Gasteiger partial charge is 0.347 e. The van der Waals surface area contributed by atoms with Gasteiger partial charge >= 0.3 is 0 Å². The number of para-hydroxylation sites is 1. The highest BCUT2D eigenvalue weighted by molar-refractivity contribution is 9.10. The molecule has 0 saturated carbocycles. The highest BCUT2D eigenvalue weighted by Crippen LogP contribution is 2.38. The maximum atomic E-state index is 12.8. The van der Waals surface area contributed by atoms with Crippen LogP contribution in [-0.2, 0) is 9.59 Å². The molecule has 5 nitrogen and oxygen atoms in total. The maximum absolute atomic E-state index is 12.8. The fourth-order valence-electron chi connectivity index (χ4n) is 3.46. The van der Waals surface area contributed by atoms with E-state index >= 15 is 0 Å². The molecule has 2 unspecified atom stereocenters. The molecule has 0 radical (unpaired) electrons. The molecule has 4 rings (SSSR count). The SMILES string of the molecule is O=C(CNC(=O)C1CC=CCC1c1nc2ccccc2s1)Nc1ccc(Br)cc1. The number of aromatic nitrogens is 1.